The number of hydrogen-bond donors (Lipinski definition) is 1. The van der Waals surface area contributed by atoms with Crippen LogP contribution in [0.4, 0.5) is 10.1 Å². The van der Waals surface area contributed by atoms with Crippen LogP contribution >= 0.6 is 12.4 Å². The molecule has 0 unspecified atom stereocenters. The zero-order chi connectivity index (χ0) is 7.56. The number of hydrogen-bond acceptors (Lipinski definition) is 1. The SMILES string of the molecule is CCc1ccc(F)cc1N.Cl. The predicted molar refractivity (Wildman–Crippen MR) is 47.4 cm³/mol. The Morgan fingerprint density at radius 1 is 1.45 bits per heavy atom. The Morgan fingerprint density at radius 2 is 2.09 bits per heavy atom. The summed E-state index contributed by atoms with van der Waals surface area (Å²) in [6.45, 7) is 1.99. The van der Waals surface area contributed by atoms with E-state index in [4.69, 9.17) is 5.73 Å². The molecule has 0 spiro atoms. The number of anilines is 1. The third-order valence-electron chi connectivity index (χ3n) is 1.49. The highest BCUT2D eigenvalue weighted by Crippen LogP contribution is 2.12. The lowest BCUT2D eigenvalue weighted by Crippen LogP contribution is -1.92. The van der Waals surface area contributed by atoms with Gasteiger partial charge in [0.25, 0.3) is 0 Å². The summed E-state index contributed by atoms with van der Waals surface area (Å²) in [6, 6.07) is 4.48. The third-order valence-corrected chi connectivity index (χ3v) is 1.49. The molecule has 0 aliphatic carbocycles. The summed E-state index contributed by atoms with van der Waals surface area (Å²) in [6.07, 6.45) is 0.853. The first-order valence-corrected chi connectivity index (χ1v) is 3.28. The zero-order valence-corrected chi connectivity index (χ0v) is 7.12. The maximum absolute atomic E-state index is 12.4. The molecule has 0 aliphatic rings. The minimum absolute atomic E-state index is 0. The van der Waals surface area contributed by atoms with E-state index in [0.717, 1.165) is 12.0 Å². The Hall–Kier alpha value is -0.760. The Bertz CT molecular complexity index is 238. The van der Waals surface area contributed by atoms with Gasteiger partial charge in [-0.3, -0.25) is 0 Å². The topological polar surface area (TPSA) is 26.0 Å². The van der Waals surface area contributed by atoms with E-state index in [2.05, 4.69) is 0 Å². The fraction of sp³-hybridized carbons (Fsp3) is 0.250. The number of rotatable bonds is 1. The van der Waals surface area contributed by atoms with Gasteiger partial charge < -0.3 is 5.73 Å². The van der Waals surface area contributed by atoms with Gasteiger partial charge in [-0.1, -0.05) is 13.0 Å². The minimum Gasteiger partial charge on any atom is -0.398 e. The van der Waals surface area contributed by atoms with Gasteiger partial charge in [-0.05, 0) is 24.1 Å². The normalized spacial score (nSPS) is 8.91. The van der Waals surface area contributed by atoms with Crippen molar-refractivity contribution >= 4 is 18.1 Å². The van der Waals surface area contributed by atoms with Crippen molar-refractivity contribution in [1.82, 2.24) is 0 Å². The van der Waals surface area contributed by atoms with E-state index in [-0.39, 0.29) is 18.2 Å². The van der Waals surface area contributed by atoms with Gasteiger partial charge >= 0.3 is 0 Å². The second-order valence-electron chi connectivity index (χ2n) is 2.20. The van der Waals surface area contributed by atoms with Crippen molar-refractivity contribution in [3.8, 4) is 0 Å². The van der Waals surface area contributed by atoms with Crippen molar-refractivity contribution in [2.75, 3.05) is 5.73 Å². The van der Waals surface area contributed by atoms with Crippen LogP contribution in [0.25, 0.3) is 0 Å². The monoisotopic (exact) mass is 175 g/mol. The molecule has 0 fully saturated rings. The molecule has 1 rings (SSSR count). The molecule has 1 aromatic rings. The van der Waals surface area contributed by atoms with Gasteiger partial charge in [0.2, 0.25) is 0 Å². The second kappa shape index (κ2) is 4.19. The molecule has 0 radical (unpaired) electrons. The molecule has 3 heteroatoms. The highest BCUT2D eigenvalue weighted by atomic mass is 35.5. The second-order valence-corrected chi connectivity index (χ2v) is 2.20. The molecule has 11 heavy (non-hydrogen) atoms. The average Bonchev–Trinajstić information content (AvgIpc) is 1.88. The predicted octanol–water partition coefficient (Wildman–Crippen LogP) is 2.39. The minimum atomic E-state index is -0.269. The van der Waals surface area contributed by atoms with Crippen LogP contribution in [0.5, 0.6) is 0 Å². The molecule has 0 amide bonds. The Balaban J connectivity index is 0.000001000. The van der Waals surface area contributed by atoms with Crippen LogP contribution in [0, 0.1) is 5.82 Å². The summed E-state index contributed by atoms with van der Waals surface area (Å²) in [5.41, 5.74) is 7.04. The first kappa shape index (κ1) is 10.2. The van der Waals surface area contributed by atoms with Gasteiger partial charge in [0, 0.05) is 5.69 Å². The van der Waals surface area contributed by atoms with Gasteiger partial charge in [0.05, 0.1) is 0 Å². The summed E-state index contributed by atoms with van der Waals surface area (Å²) in [4.78, 5) is 0. The molecule has 0 atom stereocenters. The van der Waals surface area contributed by atoms with E-state index < -0.39 is 0 Å². The van der Waals surface area contributed by atoms with Crippen LogP contribution in [-0.2, 0) is 6.42 Å². The summed E-state index contributed by atoms with van der Waals surface area (Å²) < 4.78 is 12.4. The first-order chi connectivity index (χ1) is 4.74. The quantitative estimate of drug-likeness (QED) is 0.652. The first-order valence-electron chi connectivity index (χ1n) is 3.28. The highest BCUT2D eigenvalue weighted by Gasteiger charge is 1.96. The van der Waals surface area contributed by atoms with E-state index in [9.17, 15) is 4.39 Å². The molecular formula is C8H11ClFN. The molecule has 0 saturated heterocycles. The zero-order valence-electron chi connectivity index (χ0n) is 6.30. The van der Waals surface area contributed by atoms with E-state index in [1.807, 2.05) is 6.92 Å². The lowest BCUT2D eigenvalue weighted by Gasteiger charge is -2.00. The van der Waals surface area contributed by atoms with Crippen molar-refractivity contribution in [3.63, 3.8) is 0 Å². The summed E-state index contributed by atoms with van der Waals surface area (Å²) in [5.74, 6) is -0.269. The number of nitrogens with two attached hydrogens (primary N) is 1. The molecule has 0 heterocycles. The number of benzene rings is 1. The average molecular weight is 176 g/mol. The Morgan fingerprint density at radius 3 is 2.55 bits per heavy atom. The van der Waals surface area contributed by atoms with Crippen LogP contribution in [0.1, 0.15) is 12.5 Å². The molecular weight excluding hydrogens is 165 g/mol. The van der Waals surface area contributed by atoms with Crippen molar-refractivity contribution in [2.24, 2.45) is 0 Å². The van der Waals surface area contributed by atoms with Crippen molar-refractivity contribution in [1.29, 1.82) is 0 Å². The summed E-state index contributed by atoms with van der Waals surface area (Å²) in [7, 11) is 0. The molecule has 1 nitrogen and oxygen atoms in total. The number of halogens is 2. The fourth-order valence-electron chi connectivity index (χ4n) is 0.888. The number of nitrogen functional groups attached to an aromatic ring is 1. The van der Waals surface area contributed by atoms with Crippen LogP contribution in [-0.4, -0.2) is 0 Å². The van der Waals surface area contributed by atoms with Gasteiger partial charge in [0.15, 0.2) is 0 Å². The molecule has 0 aromatic heterocycles. The molecule has 0 aliphatic heterocycles. The third kappa shape index (κ3) is 2.39. The largest absolute Gasteiger partial charge is 0.398 e. The van der Waals surface area contributed by atoms with E-state index in [1.54, 1.807) is 6.07 Å². The Labute approximate surface area is 71.8 Å². The van der Waals surface area contributed by atoms with Crippen molar-refractivity contribution in [3.05, 3.63) is 29.6 Å². The van der Waals surface area contributed by atoms with E-state index in [0.29, 0.717) is 5.69 Å². The molecule has 0 saturated carbocycles. The fourth-order valence-corrected chi connectivity index (χ4v) is 0.888. The maximum atomic E-state index is 12.4. The molecule has 62 valence electrons. The summed E-state index contributed by atoms with van der Waals surface area (Å²) >= 11 is 0. The lowest BCUT2D eigenvalue weighted by atomic mass is 10.1. The van der Waals surface area contributed by atoms with Gasteiger partial charge in [-0.25, -0.2) is 4.39 Å². The van der Waals surface area contributed by atoms with Crippen LogP contribution in [0.15, 0.2) is 18.2 Å². The van der Waals surface area contributed by atoms with Gasteiger partial charge in [-0.2, -0.15) is 0 Å². The smallest absolute Gasteiger partial charge is 0.125 e. The van der Waals surface area contributed by atoms with E-state index in [1.165, 1.54) is 12.1 Å². The molecule has 1 aromatic carbocycles. The number of aryl methyl sites for hydroxylation is 1. The molecule has 0 bridgehead atoms. The lowest BCUT2D eigenvalue weighted by molar-refractivity contribution is 0.628. The van der Waals surface area contributed by atoms with Gasteiger partial charge in [-0.15, -0.1) is 12.4 Å². The van der Waals surface area contributed by atoms with Crippen LogP contribution in [0.3, 0.4) is 0 Å². The molecule has 2 N–H and O–H groups in total. The van der Waals surface area contributed by atoms with Gasteiger partial charge in [0.1, 0.15) is 5.82 Å². The highest BCUT2D eigenvalue weighted by molar-refractivity contribution is 5.85. The Kier molecular flexibility index (Phi) is 3.90. The van der Waals surface area contributed by atoms with E-state index >= 15 is 0 Å². The van der Waals surface area contributed by atoms with Crippen LogP contribution in [0.2, 0.25) is 0 Å². The van der Waals surface area contributed by atoms with Crippen LogP contribution < -0.4 is 5.73 Å². The maximum Gasteiger partial charge on any atom is 0.125 e. The standard InChI is InChI=1S/C8H10FN.ClH/c1-2-6-3-4-7(9)5-8(6)10;/h3-5H,2,10H2,1H3;1H. The van der Waals surface area contributed by atoms with Crippen molar-refractivity contribution in [2.45, 2.75) is 13.3 Å². The van der Waals surface area contributed by atoms with Crippen molar-refractivity contribution < 1.29 is 4.39 Å². The summed E-state index contributed by atoms with van der Waals surface area (Å²) in [5, 5.41) is 0.